The van der Waals surface area contributed by atoms with Crippen molar-refractivity contribution in [3.05, 3.63) is 36.1 Å². The summed E-state index contributed by atoms with van der Waals surface area (Å²) in [6.45, 7) is 1.41. The molecule has 4 heteroatoms. The van der Waals surface area contributed by atoms with Gasteiger partial charge in [-0.05, 0) is 19.1 Å². The van der Waals surface area contributed by atoms with Crippen LogP contribution < -0.4 is 4.74 Å². The van der Waals surface area contributed by atoms with Crippen molar-refractivity contribution in [2.45, 2.75) is 6.92 Å². The number of carboxylic acid groups (broad SMARTS) is 1. The zero-order valence-corrected chi connectivity index (χ0v) is 7.60. The third-order valence-electron chi connectivity index (χ3n) is 1.57. The first kappa shape index (κ1) is 10.1. The lowest BCUT2D eigenvalue weighted by Gasteiger charge is -2.02. The van der Waals surface area contributed by atoms with Gasteiger partial charge in [-0.1, -0.05) is 12.1 Å². The number of benzene rings is 1. The van der Waals surface area contributed by atoms with Crippen LogP contribution in [-0.2, 0) is 4.79 Å². The van der Waals surface area contributed by atoms with E-state index in [1.165, 1.54) is 13.0 Å². The Morgan fingerprint density at radius 1 is 1.43 bits per heavy atom. The Kier molecular flexibility index (Phi) is 3.12. The van der Waals surface area contributed by atoms with Crippen LogP contribution in [0.5, 0.6) is 11.5 Å². The molecule has 0 aliphatic rings. The summed E-state index contributed by atoms with van der Waals surface area (Å²) in [7, 11) is 0. The molecule has 1 aromatic rings. The number of aromatic hydroxyl groups is 1. The van der Waals surface area contributed by atoms with Crippen molar-refractivity contribution in [2.24, 2.45) is 0 Å². The zero-order chi connectivity index (χ0) is 10.6. The van der Waals surface area contributed by atoms with Crippen LogP contribution >= 0.6 is 0 Å². The Bertz CT molecular complexity index is 368. The number of carbonyl (C=O) groups is 1. The molecule has 0 aliphatic heterocycles. The molecule has 0 saturated carbocycles. The normalized spacial score (nSPS) is 11.1. The van der Waals surface area contributed by atoms with E-state index in [1.54, 1.807) is 18.2 Å². The molecule has 1 aromatic carbocycles. The topological polar surface area (TPSA) is 66.8 Å². The molecule has 1 rings (SSSR count). The first-order valence-corrected chi connectivity index (χ1v) is 3.96. The number of rotatable bonds is 3. The van der Waals surface area contributed by atoms with Crippen molar-refractivity contribution in [2.75, 3.05) is 0 Å². The number of hydrogen-bond acceptors (Lipinski definition) is 3. The Morgan fingerprint density at radius 2 is 2.07 bits per heavy atom. The van der Waals surface area contributed by atoms with E-state index < -0.39 is 5.97 Å². The predicted molar refractivity (Wildman–Crippen MR) is 50.1 cm³/mol. The van der Waals surface area contributed by atoms with Crippen LogP contribution in [0.1, 0.15) is 6.92 Å². The van der Waals surface area contributed by atoms with Gasteiger partial charge in [0.2, 0.25) is 0 Å². The Labute approximate surface area is 81.1 Å². The third kappa shape index (κ3) is 2.52. The van der Waals surface area contributed by atoms with Crippen LogP contribution in [-0.4, -0.2) is 16.2 Å². The Hall–Kier alpha value is -1.97. The van der Waals surface area contributed by atoms with E-state index in [0.717, 1.165) is 6.26 Å². The molecular formula is C10H10O4. The third-order valence-corrected chi connectivity index (χ3v) is 1.57. The zero-order valence-electron chi connectivity index (χ0n) is 7.60. The highest BCUT2D eigenvalue weighted by molar-refractivity contribution is 5.85. The highest BCUT2D eigenvalue weighted by atomic mass is 16.5. The molecule has 0 fully saturated rings. The van der Waals surface area contributed by atoms with Gasteiger partial charge in [-0.25, -0.2) is 4.79 Å². The molecule has 0 aromatic heterocycles. The molecule has 2 N–H and O–H groups in total. The van der Waals surface area contributed by atoms with Crippen LogP contribution in [0.3, 0.4) is 0 Å². The fraction of sp³-hybridized carbons (Fsp3) is 0.100. The SMILES string of the molecule is CC(=COc1ccccc1O)C(=O)O. The standard InChI is InChI=1S/C10H10O4/c1-7(10(12)13)6-14-9-5-3-2-4-8(9)11/h2-6,11H,1H3,(H,12,13). The van der Waals surface area contributed by atoms with Gasteiger partial charge < -0.3 is 14.9 Å². The highest BCUT2D eigenvalue weighted by Crippen LogP contribution is 2.24. The highest BCUT2D eigenvalue weighted by Gasteiger charge is 2.02. The average molecular weight is 194 g/mol. The van der Waals surface area contributed by atoms with E-state index >= 15 is 0 Å². The van der Waals surface area contributed by atoms with E-state index in [1.807, 2.05) is 0 Å². The van der Waals surface area contributed by atoms with E-state index in [0.29, 0.717) is 0 Å². The summed E-state index contributed by atoms with van der Waals surface area (Å²) in [5, 5.41) is 17.8. The molecule has 0 unspecified atom stereocenters. The minimum Gasteiger partial charge on any atom is -0.504 e. The fourth-order valence-electron chi connectivity index (χ4n) is 0.759. The minimum absolute atomic E-state index is 0.0260. The van der Waals surface area contributed by atoms with E-state index in [4.69, 9.17) is 9.84 Å². The summed E-state index contributed by atoms with van der Waals surface area (Å²) < 4.78 is 4.97. The van der Waals surface area contributed by atoms with Gasteiger partial charge in [-0.3, -0.25) is 0 Å². The summed E-state index contributed by atoms with van der Waals surface area (Å²) in [6, 6.07) is 6.33. The van der Waals surface area contributed by atoms with Crippen molar-refractivity contribution in [1.29, 1.82) is 0 Å². The largest absolute Gasteiger partial charge is 0.504 e. The van der Waals surface area contributed by atoms with Gasteiger partial charge in [0.05, 0.1) is 5.57 Å². The van der Waals surface area contributed by atoms with Crippen molar-refractivity contribution in [3.8, 4) is 11.5 Å². The monoisotopic (exact) mass is 194 g/mol. The van der Waals surface area contributed by atoms with Gasteiger partial charge in [-0.2, -0.15) is 0 Å². The maximum absolute atomic E-state index is 10.4. The number of phenolic OH excluding ortho intramolecular Hbond substituents is 1. The summed E-state index contributed by atoms with van der Waals surface area (Å²) in [5.41, 5.74) is 0.0632. The molecule has 4 nitrogen and oxygen atoms in total. The van der Waals surface area contributed by atoms with Crippen LogP contribution in [0, 0.1) is 0 Å². The predicted octanol–water partition coefficient (Wildman–Crippen LogP) is 1.76. The summed E-state index contributed by atoms with van der Waals surface area (Å²) in [5.74, 6) is -0.851. The Morgan fingerprint density at radius 3 is 2.64 bits per heavy atom. The number of phenols is 1. The maximum atomic E-state index is 10.4. The van der Waals surface area contributed by atoms with E-state index in [9.17, 15) is 9.90 Å². The molecule has 0 heterocycles. The van der Waals surface area contributed by atoms with Gasteiger partial charge in [0.25, 0.3) is 0 Å². The van der Waals surface area contributed by atoms with E-state index in [2.05, 4.69) is 0 Å². The molecule has 0 saturated heterocycles. The van der Waals surface area contributed by atoms with Gasteiger partial charge in [0, 0.05) is 0 Å². The van der Waals surface area contributed by atoms with Gasteiger partial charge in [-0.15, -0.1) is 0 Å². The fourth-order valence-corrected chi connectivity index (χ4v) is 0.759. The number of para-hydroxylation sites is 2. The molecular weight excluding hydrogens is 184 g/mol. The number of ether oxygens (including phenoxy) is 1. The lowest BCUT2D eigenvalue weighted by Crippen LogP contribution is -1.98. The first-order chi connectivity index (χ1) is 6.61. The molecule has 0 radical (unpaired) electrons. The Balaban J connectivity index is 2.76. The average Bonchev–Trinajstić information content (AvgIpc) is 2.16. The maximum Gasteiger partial charge on any atom is 0.334 e. The van der Waals surface area contributed by atoms with E-state index in [-0.39, 0.29) is 17.1 Å². The smallest absolute Gasteiger partial charge is 0.334 e. The molecule has 14 heavy (non-hydrogen) atoms. The molecule has 74 valence electrons. The van der Waals surface area contributed by atoms with Crippen molar-refractivity contribution < 1.29 is 19.7 Å². The van der Waals surface area contributed by atoms with Gasteiger partial charge >= 0.3 is 5.97 Å². The second kappa shape index (κ2) is 4.32. The lowest BCUT2D eigenvalue weighted by atomic mass is 10.3. The van der Waals surface area contributed by atoms with Crippen LogP contribution in [0.25, 0.3) is 0 Å². The quantitative estimate of drug-likeness (QED) is 0.568. The molecule has 0 spiro atoms. The number of aliphatic carboxylic acids is 1. The van der Waals surface area contributed by atoms with Crippen molar-refractivity contribution in [3.63, 3.8) is 0 Å². The van der Waals surface area contributed by atoms with Crippen LogP contribution in [0.15, 0.2) is 36.1 Å². The molecule has 0 atom stereocenters. The first-order valence-electron chi connectivity index (χ1n) is 3.96. The van der Waals surface area contributed by atoms with Crippen LogP contribution in [0.2, 0.25) is 0 Å². The summed E-state index contributed by atoms with van der Waals surface area (Å²) >= 11 is 0. The summed E-state index contributed by atoms with van der Waals surface area (Å²) in [6.07, 6.45) is 1.08. The molecule has 0 aliphatic carbocycles. The van der Waals surface area contributed by atoms with Gasteiger partial charge in [0.15, 0.2) is 11.5 Å². The molecule has 0 bridgehead atoms. The van der Waals surface area contributed by atoms with Gasteiger partial charge in [0.1, 0.15) is 6.26 Å². The minimum atomic E-state index is -1.06. The number of hydrogen-bond donors (Lipinski definition) is 2. The second-order valence-corrected chi connectivity index (χ2v) is 2.69. The lowest BCUT2D eigenvalue weighted by molar-refractivity contribution is -0.132. The van der Waals surface area contributed by atoms with Crippen LogP contribution in [0.4, 0.5) is 0 Å². The second-order valence-electron chi connectivity index (χ2n) is 2.69. The van der Waals surface area contributed by atoms with Crippen molar-refractivity contribution in [1.82, 2.24) is 0 Å². The van der Waals surface area contributed by atoms with Crippen molar-refractivity contribution >= 4 is 5.97 Å². The number of carboxylic acids is 1. The summed E-state index contributed by atoms with van der Waals surface area (Å²) in [4.78, 5) is 10.4. The molecule has 0 amide bonds.